The van der Waals surface area contributed by atoms with E-state index in [1.54, 1.807) is 13.8 Å². The van der Waals surface area contributed by atoms with Crippen molar-refractivity contribution in [2.75, 3.05) is 6.61 Å². The normalized spacial score (nSPS) is 10.0. The van der Waals surface area contributed by atoms with Crippen molar-refractivity contribution in [3.8, 4) is 0 Å². The van der Waals surface area contributed by atoms with E-state index in [0.717, 1.165) is 12.5 Å². The summed E-state index contributed by atoms with van der Waals surface area (Å²) in [4.78, 5) is 21.8. The maximum atomic E-state index is 11.0. The summed E-state index contributed by atoms with van der Waals surface area (Å²) in [5.41, 5.74) is -0.825. The van der Waals surface area contributed by atoms with Crippen LogP contribution in [0.15, 0.2) is 25.7 Å². The first-order valence-electron chi connectivity index (χ1n) is 4.86. The van der Waals surface area contributed by atoms with Gasteiger partial charge < -0.3 is 18.9 Å². The Labute approximate surface area is 99.8 Å². The summed E-state index contributed by atoms with van der Waals surface area (Å²) >= 11 is 0. The van der Waals surface area contributed by atoms with Gasteiger partial charge in [-0.1, -0.05) is 13.2 Å². The van der Waals surface area contributed by atoms with E-state index in [-0.39, 0.29) is 6.61 Å². The average Bonchev–Trinajstić information content (AvgIpc) is 2.16. The van der Waals surface area contributed by atoms with E-state index in [9.17, 15) is 9.59 Å². The molecule has 0 spiro atoms. The minimum Gasteiger partial charge on any atom is -0.434 e. The van der Waals surface area contributed by atoms with E-state index in [1.807, 2.05) is 0 Å². The minimum atomic E-state index is -0.862. The molecule has 0 bridgehead atoms. The fourth-order valence-corrected chi connectivity index (χ4v) is 0.851. The van der Waals surface area contributed by atoms with Gasteiger partial charge in [0.25, 0.3) is 0 Å². The van der Waals surface area contributed by atoms with Gasteiger partial charge in [0, 0.05) is 6.42 Å². The van der Waals surface area contributed by atoms with Gasteiger partial charge >= 0.3 is 12.3 Å². The first-order valence-corrected chi connectivity index (χ1v) is 4.86. The zero-order chi connectivity index (χ0) is 13.3. The molecule has 0 aliphatic rings. The molecule has 0 rings (SSSR count). The monoisotopic (exact) mass is 244 g/mol. The number of hydrogen-bond donors (Lipinski definition) is 0. The number of rotatable bonds is 6. The van der Waals surface area contributed by atoms with E-state index in [4.69, 9.17) is 4.74 Å². The van der Waals surface area contributed by atoms with E-state index in [0.29, 0.717) is 6.42 Å². The molecular formula is C11H16O6. The highest BCUT2D eigenvalue weighted by Crippen LogP contribution is 2.15. The number of ether oxygens (including phenoxy) is 4. The summed E-state index contributed by atoms with van der Waals surface area (Å²) in [6.07, 6.45) is 0.510. The minimum absolute atomic E-state index is 0.0427. The van der Waals surface area contributed by atoms with Crippen molar-refractivity contribution >= 4 is 12.3 Å². The quantitative estimate of drug-likeness (QED) is 0.528. The Bertz CT molecular complexity index is 294. The van der Waals surface area contributed by atoms with Crippen LogP contribution in [0.4, 0.5) is 9.59 Å². The van der Waals surface area contributed by atoms with Gasteiger partial charge in [0.2, 0.25) is 0 Å². The van der Waals surface area contributed by atoms with Crippen LogP contribution in [0.5, 0.6) is 0 Å². The van der Waals surface area contributed by atoms with Crippen molar-refractivity contribution < 1.29 is 28.5 Å². The van der Waals surface area contributed by atoms with Crippen molar-refractivity contribution in [2.45, 2.75) is 25.9 Å². The van der Waals surface area contributed by atoms with Gasteiger partial charge in [0.15, 0.2) is 0 Å². The first kappa shape index (κ1) is 15.0. The Hall–Kier alpha value is -1.98. The highest BCUT2D eigenvalue weighted by Gasteiger charge is 2.24. The smallest absolute Gasteiger partial charge is 0.434 e. The van der Waals surface area contributed by atoms with Gasteiger partial charge in [-0.25, -0.2) is 9.59 Å². The van der Waals surface area contributed by atoms with Gasteiger partial charge in [-0.15, -0.1) is 0 Å². The fourth-order valence-electron chi connectivity index (χ4n) is 0.851. The van der Waals surface area contributed by atoms with Crippen LogP contribution >= 0.6 is 0 Å². The summed E-state index contributed by atoms with van der Waals surface area (Å²) in [5, 5.41) is 0. The second-order valence-corrected chi connectivity index (χ2v) is 3.53. The number of carbonyl (C=O) groups is 2. The molecule has 0 N–H and O–H groups in total. The Morgan fingerprint density at radius 1 is 1.12 bits per heavy atom. The van der Waals surface area contributed by atoms with Crippen LogP contribution in [0.3, 0.4) is 0 Å². The van der Waals surface area contributed by atoms with Crippen LogP contribution in [-0.4, -0.2) is 24.5 Å². The number of carbonyl (C=O) groups excluding carboxylic acids is 2. The third-order valence-electron chi connectivity index (χ3n) is 1.64. The van der Waals surface area contributed by atoms with Gasteiger partial charge in [-0.05, 0) is 13.8 Å². The van der Waals surface area contributed by atoms with Crippen molar-refractivity contribution in [3.05, 3.63) is 25.7 Å². The van der Waals surface area contributed by atoms with Crippen molar-refractivity contribution in [2.24, 2.45) is 0 Å². The zero-order valence-electron chi connectivity index (χ0n) is 9.93. The molecule has 0 fully saturated rings. The molecule has 0 unspecified atom stereocenters. The van der Waals surface area contributed by atoms with Crippen LogP contribution in [0.2, 0.25) is 0 Å². The molecule has 0 aliphatic carbocycles. The molecule has 0 heterocycles. The van der Waals surface area contributed by atoms with E-state index < -0.39 is 17.9 Å². The van der Waals surface area contributed by atoms with Crippen LogP contribution in [0.1, 0.15) is 20.3 Å². The summed E-state index contributed by atoms with van der Waals surface area (Å²) in [7, 11) is 0. The lowest BCUT2D eigenvalue weighted by molar-refractivity contribution is -0.0168. The van der Waals surface area contributed by atoms with Gasteiger partial charge in [-0.2, -0.15) is 0 Å². The topological polar surface area (TPSA) is 71.1 Å². The molecule has 0 amide bonds. The van der Waals surface area contributed by atoms with Gasteiger partial charge in [0.05, 0.1) is 19.1 Å². The Kier molecular flexibility index (Phi) is 6.47. The van der Waals surface area contributed by atoms with Crippen LogP contribution in [0.25, 0.3) is 0 Å². The third-order valence-corrected chi connectivity index (χ3v) is 1.64. The lowest BCUT2D eigenvalue weighted by Crippen LogP contribution is -2.29. The van der Waals surface area contributed by atoms with E-state index in [2.05, 4.69) is 27.4 Å². The van der Waals surface area contributed by atoms with Crippen molar-refractivity contribution in [3.63, 3.8) is 0 Å². The molecule has 0 aliphatic heterocycles. The average molecular weight is 244 g/mol. The zero-order valence-corrected chi connectivity index (χ0v) is 9.93. The summed E-state index contributed by atoms with van der Waals surface area (Å²) in [6, 6.07) is 0. The van der Waals surface area contributed by atoms with Crippen molar-refractivity contribution in [1.29, 1.82) is 0 Å². The second-order valence-electron chi connectivity index (χ2n) is 3.53. The Morgan fingerprint density at radius 2 is 1.65 bits per heavy atom. The molecule has 0 aromatic rings. The summed E-state index contributed by atoms with van der Waals surface area (Å²) < 4.78 is 18.3. The highest BCUT2D eigenvalue weighted by molar-refractivity contribution is 5.61. The molecule has 17 heavy (non-hydrogen) atoms. The predicted octanol–water partition coefficient (Wildman–Crippen LogP) is 2.75. The van der Waals surface area contributed by atoms with E-state index in [1.165, 1.54) is 0 Å². The molecule has 6 heteroatoms. The Morgan fingerprint density at radius 3 is 2.18 bits per heavy atom. The molecular weight excluding hydrogens is 228 g/mol. The van der Waals surface area contributed by atoms with Crippen LogP contribution in [0, 0.1) is 0 Å². The highest BCUT2D eigenvalue weighted by atomic mass is 16.7. The maximum absolute atomic E-state index is 11.0. The molecule has 0 saturated carbocycles. The molecule has 0 aromatic carbocycles. The maximum Gasteiger partial charge on any atom is 0.513 e. The summed E-state index contributed by atoms with van der Waals surface area (Å²) in [5.74, 6) is 0. The molecule has 0 aromatic heterocycles. The standard InChI is InChI=1S/C11H16O6/c1-5-14-9(12)16-8-7-11(3,4)17-10(13)15-6-2/h5-6H,1-2,7-8H2,3-4H3. The Balaban J connectivity index is 3.92. The molecule has 6 nitrogen and oxygen atoms in total. The molecule has 0 saturated heterocycles. The predicted molar refractivity (Wildman–Crippen MR) is 59.1 cm³/mol. The molecule has 0 atom stereocenters. The van der Waals surface area contributed by atoms with Crippen molar-refractivity contribution in [1.82, 2.24) is 0 Å². The fraction of sp³-hybridized carbons (Fsp3) is 0.455. The number of hydrogen-bond acceptors (Lipinski definition) is 6. The lowest BCUT2D eigenvalue weighted by Gasteiger charge is -2.23. The lowest BCUT2D eigenvalue weighted by atomic mass is 10.1. The SMILES string of the molecule is C=COC(=O)OCCC(C)(C)OC(=O)OC=C. The summed E-state index contributed by atoms with van der Waals surface area (Å²) in [6.45, 7) is 9.76. The van der Waals surface area contributed by atoms with Gasteiger partial charge in [0.1, 0.15) is 5.60 Å². The van der Waals surface area contributed by atoms with Crippen LogP contribution in [-0.2, 0) is 18.9 Å². The molecule has 0 radical (unpaired) electrons. The largest absolute Gasteiger partial charge is 0.513 e. The second kappa shape index (κ2) is 7.32. The van der Waals surface area contributed by atoms with E-state index >= 15 is 0 Å². The first-order chi connectivity index (χ1) is 7.91. The van der Waals surface area contributed by atoms with Crippen LogP contribution < -0.4 is 0 Å². The third kappa shape index (κ3) is 7.89. The molecule has 96 valence electrons. The van der Waals surface area contributed by atoms with Gasteiger partial charge in [-0.3, -0.25) is 0 Å².